The molecule has 0 atom stereocenters. The van der Waals surface area contributed by atoms with Gasteiger partial charge in [-0.15, -0.1) is 0 Å². The number of nitrogens with zero attached hydrogens (tertiary/aromatic N) is 2. The number of benzene rings is 1. The predicted molar refractivity (Wildman–Crippen MR) is 78.8 cm³/mol. The molecule has 0 fully saturated rings. The molecular formula is C15H27N3. The molecule has 0 bridgehead atoms. The largest absolute Gasteiger partial charge is 0.311 e. The van der Waals surface area contributed by atoms with Gasteiger partial charge in [0.15, 0.2) is 0 Å². The zero-order valence-electron chi connectivity index (χ0n) is 12.0. The number of hydrogen-bond acceptors (Lipinski definition) is 3. The van der Waals surface area contributed by atoms with Gasteiger partial charge in [0.05, 0.1) is 0 Å². The van der Waals surface area contributed by atoms with Crippen LogP contribution in [0, 0.1) is 0 Å². The minimum absolute atomic E-state index is 0.965. The number of likely N-dealkylation sites (N-methyl/N-ethyl adjacent to an activating group) is 1. The van der Waals surface area contributed by atoms with E-state index in [-0.39, 0.29) is 0 Å². The summed E-state index contributed by atoms with van der Waals surface area (Å²) in [6.07, 6.45) is 1.24. The summed E-state index contributed by atoms with van der Waals surface area (Å²) in [4.78, 5) is 4.63. The van der Waals surface area contributed by atoms with Gasteiger partial charge in [-0.05, 0) is 46.2 Å². The maximum absolute atomic E-state index is 3.48. The summed E-state index contributed by atoms with van der Waals surface area (Å²) in [5.74, 6) is 0. The molecule has 0 radical (unpaired) electrons. The van der Waals surface area contributed by atoms with E-state index in [9.17, 15) is 0 Å². The third kappa shape index (κ3) is 7.43. The number of rotatable bonds is 9. The second kappa shape index (κ2) is 9.09. The molecule has 3 nitrogen and oxygen atoms in total. The van der Waals surface area contributed by atoms with Gasteiger partial charge in [0.1, 0.15) is 0 Å². The van der Waals surface area contributed by atoms with E-state index in [1.165, 1.54) is 25.1 Å². The fraction of sp³-hybridized carbons (Fsp3) is 0.600. The Kier molecular flexibility index (Phi) is 7.65. The minimum Gasteiger partial charge on any atom is -0.311 e. The molecular weight excluding hydrogens is 222 g/mol. The SMILES string of the molecule is CN(C)CCCN(C)CCNCc1ccccc1. The van der Waals surface area contributed by atoms with Crippen LogP contribution in [0.25, 0.3) is 0 Å². The van der Waals surface area contributed by atoms with Crippen LogP contribution >= 0.6 is 0 Å². The van der Waals surface area contributed by atoms with Gasteiger partial charge in [0, 0.05) is 19.6 Å². The van der Waals surface area contributed by atoms with Crippen LogP contribution in [0.2, 0.25) is 0 Å². The summed E-state index contributed by atoms with van der Waals surface area (Å²) in [6, 6.07) is 10.6. The highest BCUT2D eigenvalue weighted by Gasteiger charge is 1.98. The standard InChI is InChI=1S/C15H27N3/c1-17(2)11-7-12-18(3)13-10-16-14-15-8-5-4-6-9-15/h4-6,8-9,16H,7,10-14H2,1-3H3. The molecule has 18 heavy (non-hydrogen) atoms. The molecule has 0 amide bonds. The first-order valence-electron chi connectivity index (χ1n) is 6.76. The average molecular weight is 249 g/mol. The zero-order chi connectivity index (χ0) is 13.2. The molecule has 1 rings (SSSR count). The Morgan fingerprint density at radius 2 is 1.67 bits per heavy atom. The van der Waals surface area contributed by atoms with Gasteiger partial charge >= 0.3 is 0 Å². The normalized spacial score (nSPS) is 11.4. The van der Waals surface area contributed by atoms with Gasteiger partial charge in [-0.2, -0.15) is 0 Å². The topological polar surface area (TPSA) is 18.5 Å². The first-order valence-corrected chi connectivity index (χ1v) is 6.76. The molecule has 0 saturated carbocycles. The highest BCUT2D eigenvalue weighted by Crippen LogP contribution is 1.96. The molecule has 0 unspecified atom stereocenters. The Morgan fingerprint density at radius 3 is 2.33 bits per heavy atom. The van der Waals surface area contributed by atoms with Gasteiger partial charge in [-0.3, -0.25) is 0 Å². The van der Waals surface area contributed by atoms with Crippen LogP contribution in [0.4, 0.5) is 0 Å². The molecule has 0 aliphatic carbocycles. The maximum atomic E-state index is 3.48. The second-order valence-corrected chi connectivity index (χ2v) is 5.12. The Morgan fingerprint density at radius 1 is 0.944 bits per heavy atom. The van der Waals surface area contributed by atoms with Crippen molar-refractivity contribution in [3.05, 3.63) is 35.9 Å². The molecule has 0 spiro atoms. The highest BCUT2D eigenvalue weighted by atomic mass is 15.1. The van der Waals surface area contributed by atoms with Crippen molar-refractivity contribution in [3.63, 3.8) is 0 Å². The Hall–Kier alpha value is -0.900. The van der Waals surface area contributed by atoms with E-state index in [1.807, 2.05) is 0 Å². The van der Waals surface area contributed by atoms with E-state index < -0.39 is 0 Å². The van der Waals surface area contributed by atoms with Gasteiger partial charge < -0.3 is 15.1 Å². The van der Waals surface area contributed by atoms with Crippen molar-refractivity contribution in [2.24, 2.45) is 0 Å². The fourth-order valence-corrected chi connectivity index (χ4v) is 1.87. The predicted octanol–water partition coefficient (Wildman–Crippen LogP) is 1.66. The van der Waals surface area contributed by atoms with Gasteiger partial charge in [-0.25, -0.2) is 0 Å². The van der Waals surface area contributed by atoms with Crippen molar-refractivity contribution in [3.8, 4) is 0 Å². The van der Waals surface area contributed by atoms with E-state index in [1.54, 1.807) is 0 Å². The maximum Gasteiger partial charge on any atom is 0.0206 e. The molecule has 0 aliphatic rings. The summed E-state index contributed by atoms with van der Waals surface area (Å²) < 4.78 is 0. The van der Waals surface area contributed by atoms with Crippen LogP contribution in [0.15, 0.2) is 30.3 Å². The van der Waals surface area contributed by atoms with Gasteiger partial charge in [0.25, 0.3) is 0 Å². The van der Waals surface area contributed by atoms with Crippen LogP contribution in [-0.4, -0.2) is 57.1 Å². The molecule has 0 aromatic heterocycles. The van der Waals surface area contributed by atoms with E-state index in [0.29, 0.717) is 0 Å². The third-order valence-corrected chi connectivity index (χ3v) is 2.99. The van der Waals surface area contributed by atoms with Crippen molar-refractivity contribution >= 4 is 0 Å². The molecule has 1 aromatic carbocycles. The van der Waals surface area contributed by atoms with Crippen molar-refractivity contribution < 1.29 is 0 Å². The lowest BCUT2D eigenvalue weighted by Crippen LogP contribution is -2.31. The van der Waals surface area contributed by atoms with Crippen LogP contribution in [0.1, 0.15) is 12.0 Å². The summed E-state index contributed by atoms with van der Waals surface area (Å²) in [5, 5.41) is 3.48. The monoisotopic (exact) mass is 249 g/mol. The average Bonchev–Trinajstić information content (AvgIpc) is 2.35. The second-order valence-electron chi connectivity index (χ2n) is 5.12. The summed E-state index contributed by atoms with van der Waals surface area (Å²) in [7, 11) is 6.45. The zero-order valence-corrected chi connectivity index (χ0v) is 12.0. The molecule has 3 heteroatoms. The van der Waals surface area contributed by atoms with Crippen molar-refractivity contribution in [2.45, 2.75) is 13.0 Å². The number of hydrogen-bond donors (Lipinski definition) is 1. The molecule has 0 heterocycles. The quantitative estimate of drug-likeness (QED) is 0.672. The Labute approximate surface area is 112 Å². The smallest absolute Gasteiger partial charge is 0.0206 e. The first-order chi connectivity index (χ1) is 8.68. The van der Waals surface area contributed by atoms with E-state index >= 15 is 0 Å². The molecule has 0 aliphatic heterocycles. The number of nitrogens with one attached hydrogen (secondary N) is 1. The molecule has 102 valence electrons. The lowest BCUT2D eigenvalue weighted by atomic mass is 10.2. The summed E-state index contributed by atoms with van der Waals surface area (Å²) in [5.41, 5.74) is 1.35. The van der Waals surface area contributed by atoms with Crippen LogP contribution in [0.3, 0.4) is 0 Å². The van der Waals surface area contributed by atoms with E-state index in [2.05, 4.69) is 66.6 Å². The van der Waals surface area contributed by atoms with Gasteiger partial charge in [-0.1, -0.05) is 30.3 Å². The van der Waals surface area contributed by atoms with Crippen LogP contribution in [0.5, 0.6) is 0 Å². The van der Waals surface area contributed by atoms with E-state index in [4.69, 9.17) is 0 Å². The van der Waals surface area contributed by atoms with Crippen molar-refractivity contribution in [1.29, 1.82) is 0 Å². The lowest BCUT2D eigenvalue weighted by Gasteiger charge is -2.18. The summed E-state index contributed by atoms with van der Waals surface area (Å²) in [6.45, 7) is 5.47. The van der Waals surface area contributed by atoms with Crippen molar-refractivity contribution in [2.75, 3.05) is 47.3 Å². The minimum atomic E-state index is 0.965. The Balaban J connectivity index is 2.00. The molecule has 1 aromatic rings. The molecule has 0 saturated heterocycles. The van der Waals surface area contributed by atoms with Crippen LogP contribution < -0.4 is 5.32 Å². The van der Waals surface area contributed by atoms with Gasteiger partial charge in [0.2, 0.25) is 0 Å². The fourth-order valence-electron chi connectivity index (χ4n) is 1.87. The van der Waals surface area contributed by atoms with E-state index in [0.717, 1.165) is 19.6 Å². The van der Waals surface area contributed by atoms with Crippen molar-refractivity contribution in [1.82, 2.24) is 15.1 Å². The lowest BCUT2D eigenvalue weighted by molar-refractivity contribution is 0.299. The molecule has 1 N–H and O–H groups in total. The van der Waals surface area contributed by atoms with Crippen LogP contribution in [-0.2, 0) is 6.54 Å². The highest BCUT2D eigenvalue weighted by molar-refractivity contribution is 5.14. The Bertz CT molecular complexity index is 298. The first kappa shape index (κ1) is 15.2. The third-order valence-electron chi connectivity index (χ3n) is 2.99. The summed E-state index contributed by atoms with van der Waals surface area (Å²) >= 11 is 0.